The van der Waals surface area contributed by atoms with Crippen molar-refractivity contribution >= 4 is 27.3 Å². The highest BCUT2D eigenvalue weighted by molar-refractivity contribution is 7.89. The van der Waals surface area contributed by atoms with Crippen LogP contribution in [0.15, 0.2) is 53.4 Å². The van der Waals surface area contributed by atoms with Crippen LogP contribution < -0.4 is 10.1 Å². The molecule has 0 saturated carbocycles. The van der Waals surface area contributed by atoms with Crippen LogP contribution in [-0.4, -0.2) is 56.5 Å². The number of carbonyl (C=O) groups excluding carboxylic acids is 1. The first-order valence-corrected chi connectivity index (χ1v) is 10.2. The number of nitrogens with zero attached hydrogens (tertiary/aromatic N) is 2. The van der Waals surface area contributed by atoms with E-state index >= 15 is 0 Å². The number of para-hydroxylation sites is 2. The Labute approximate surface area is 167 Å². The maximum Gasteiger partial charge on any atom is 0.292 e. The van der Waals surface area contributed by atoms with Gasteiger partial charge in [-0.25, -0.2) is 8.42 Å². The minimum atomic E-state index is -3.61. The third-order valence-electron chi connectivity index (χ3n) is 4.18. The zero-order chi connectivity index (χ0) is 20.9. The second kappa shape index (κ2) is 8.99. The van der Waals surface area contributed by atoms with Gasteiger partial charge in [0.25, 0.3) is 11.6 Å². The van der Waals surface area contributed by atoms with E-state index in [1.54, 1.807) is 6.07 Å². The van der Waals surface area contributed by atoms with E-state index in [0.717, 1.165) is 0 Å². The monoisotopic (exact) mass is 421 g/mol. The van der Waals surface area contributed by atoms with Gasteiger partial charge in [-0.15, -0.1) is 0 Å². The number of hydrogen-bond donors (Lipinski definition) is 1. The second-order valence-corrected chi connectivity index (χ2v) is 8.04. The normalized spacial score (nSPS) is 14.9. The molecule has 11 heteroatoms. The Hall–Kier alpha value is -3.02. The third-order valence-corrected chi connectivity index (χ3v) is 6.09. The van der Waals surface area contributed by atoms with Crippen molar-refractivity contribution in [3.8, 4) is 5.75 Å². The van der Waals surface area contributed by atoms with Crippen LogP contribution in [0.25, 0.3) is 0 Å². The van der Waals surface area contributed by atoms with Gasteiger partial charge in [0, 0.05) is 19.2 Å². The van der Waals surface area contributed by atoms with Gasteiger partial charge in [-0.2, -0.15) is 4.31 Å². The van der Waals surface area contributed by atoms with Gasteiger partial charge in [0.2, 0.25) is 10.0 Å². The van der Waals surface area contributed by atoms with Crippen LogP contribution in [0, 0.1) is 10.1 Å². The predicted molar refractivity (Wildman–Crippen MR) is 103 cm³/mol. The number of amides is 1. The number of nitrogens with one attached hydrogen (secondary N) is 1. The van der Waals surface area contributed by atoms with Gasteiger partial charge in [0.1, 0.15) is 11.4 Å². The zero-order valence-corrected chi connectivity index (χ0v) is 16.1. The number of nitro groups is 1. The van der Waals surface area contributed by atoms with Gasteiger partial charge in [-0.1, -0.05) is 12.1 Å². The number of sulfonamides is 1. The number of anilines is 1. The van der Waals surface area contributed by atoms with Crippen LogP contribution in [0.3, 0.4) is 0 Å². The van der Waals surface area contributed by atoms with E-state index in [-0.39, 0.29) is 22.9 Å². The van der Waals surface area contributed by atoms with E-state index in [1.807, 2.05) is 0 Å². The molecule has 1 heterocycles. The Kier molecular flexibility index (Phi) is 6.42. The SMILES string of the molecule is O=C(COc1ccc(S(=O)(=O)N2CCOCC2)cc1)Nc1ccccc1[N+](=O)[O-]. The Morgan fingerprint density at radius 3 is 2.45 bits per heavy atom. The number of morpholine rings is 1. The number of carbonyl (C=O) groups is 1. The fourth-order valence-electron chi connectivity index (χ4n) is 2.72. The summed E-state index contributed by atoms with van der Waals surface area (Å²) in [4.78, 5) is 22.5. The molecular weight excluding hydrogens is 402 g/mol. The van der Waals surface area contributed by atoms with Crippen molar-refractivity contribution in [3.05, 3.63) is 58.6 Å². The van der Waals surface area contributed by atoms with Gasteiger partial charge in [0.05, 0.1) is 23.0 Å². The molecule has 29 heavy (non-hydrogen) atoms. The fraction of sp³-hybridized carbons (Fsp3) is 0.278. The smallest absolute Gasteiger partial charge is 0.292 e. The molecule has 0 unspecified atom stereocenters. The molecular formula is C18H19N3O7S. The zero-order valence-electron chi connectivity index (χ0n) is 15.3. The molecule has 2 aromatic carbocycles. The highest BCUT2D eigenvalue weighted by Crippen LogP contribution is 2.23. The van der Waals surface area contributed by atoms with Crippen molar-refractivity contribution in [1.82, 2.24) is 4.31 Å². The lowest BCUT2D eigenvalue weighted by molar-refractivity contribution is -0.383. The molecule has 3 rings (SSSR count). The Morgan fingerprint density at radius 1 is 1.14 bits per heavy atom. The van der Waals surface area contributed by atoms with Crippen molar-refractivity contribution in [3.63, 3.8) is 0 Å². The van der Waals surface area contributed by atoms with Crippen molar-refractivity contribution in [2.24, 2.45) is 0 Å². The number of ether oxygens (including phenoxy) is 2. The Bertz CT molecular complexity index is 987. The molecule has 1 aliphatic heterocycles. The first-order chi connectivity index (χ1) is 13.9. The minimum absolute atomic E-state index is 0.0676. The lowest BCUT2D eigenvalue weighted by Crippen LogP contribution is -2.40. The molecule has 0 aliphatic carbocycles. The Balaban J connectivity index is 1.59. The van der Waals surface area contributed by atoms with Crippen LogP contribution in [-0.2, 0) is 19.6 Å². The fourth-order valence-corrected chi connectivity index (χ4v) is 4.13. The van der Waals surface area contributed by atoms with Gasteiger partial charge >= 0.3 is 0 Å². The quantitative estimate of drug-likeness (QED) is 0.531. The molecule has 1 fully saturated rings. The maximum atomic E-state index is 12.6. The molecule has 0 spiro atoms. The second-order valence-electron chi connectivity index (χ2n) is 6.10. The molecule has 10 nitrogen and oxygen atoms in total. The van der Waals surface area contributed by atoms with Gasteiger partial charge in [-0.05, 0) is 30.3 Å². The molecule has 1 aliphatic rings. The summed E-state index contributed by atoms with van der Waals surface area (Å²) in [6, 6.07) is 11.5. The maximum absolute atomic E-state index is 12.6. The van der Waals surface area contributed by atoms with Gasteiger partial charge in [-0.3, -0.25) is 14.9 Å². The lowest BCUT2D eigenvalue weighted by atomic mass is 10.2. The highest BCUT2D eigenvalue weighted by Gasteiger charge is 2.26. The summed E-state index contributed by atoms with van der Waals surface area (Å²) < 4.78 is 37.0. The molecule has 0 aromatic heterocycles. The van der Waals surface area contributed by atoms with Crippen LogP contribution in [0.4, 0.5) is 11.4 Å². The van der Waals surface area contributed by atoms with Crippen LogP contribution in [0.2, 0.25) is 0 Å². The largest absolute Gasteiger partial charge is 0.484 e. The van der Waals surface area contributed by atoms with E-state index in [2.05, 4.69) is 5.32 Å². The summed E-state index contributed by atoms with van der Waals surface area (Å²) in [5.41, 5.74) is -0.156. The lowest BCUT2D eigenvalue weighted by Gasteiger charge is -2.26. The van der Waals surface area contributed by atoms with E-state index in [1.165, 1.54) is 46.8 Å². The summed E-state index contributed by atoms with van der Waals surface area (Å²) in [6.07, 6.45) is 0. The molecule has 154 valence electrons. The molecule has 0 bridgehead atoms. The van der Waals surface area contributed by atoms with E-state index in [4.69, 9.17) is 9.47 Å². The van der Waals surface area contributed by atoms with Crippen LogP contribution in [0.1, 0.15) is 0 Å². The van der Waals surface area contributed by atoms with Crippen molar-refractivity contribution in [2.45, 2.75) is 4.90 Å². The molecule has 0 atom stereocenters. The predicted octanol–water partition coefficient (Wildman–Crippen LogP) is 1.63. The van der Waals surface area contributed by atoms with E-state index in [9.17, 15) is 23.3 Å². The summed E-state index contributed by atoms with van der Waals surface area (Å²) in [7, 11) is -3.61. The summed E-state index contributed by atoms with van der Waals surface area (Å²) in [6.45, 7) is 0.921. The van der Waals surface area contributed by atoms with Crippen LogP contribution >= 0.6 is 0 Å². The first kappa shape index (κ1) is 20.7. The average molecular weight is 421 g/mol. The van der Waals surface area contributed by atoms with E-state index in [0.29, 0.717) is 32.1 Å². The summed E-state index contributed by atoms with van der Waals surface area (Å²) in [5.74, 6) is -0.284. The van der Waals surface area contributed by atoms with Gasteiger partial charge in [0.15, 0.2) is 6.61 Å². The average Bonchev–Trinajstić information content (AvgIpc) is 2.73. The molecule has 1 amide bonds. The highest BCUT2D eigenvalue weighted by atomic mass is 32.2. The topological polar surface area (TPSA) is 128 Å². The molecule has 1 saturated heterocycles. The van der Waals surface area contributed by atoms with Crippen molar-refractivity contribution < 1.29 is 27.6 Å². The minimum Gasteiger partial charge on any atom is -0.484 e. The third kappa shape index (κ3) is 5.08. The summed E-state index contributed by atoms with van der Waals surface area (Å²) in [5, 5.41) is 13.4. The van der Waals surface area contributed by atoms with Crippen molar-refractivity contribution in [2.75, 3.05) is 38.2 Å². The number of hydrogen-bond acceptors (Lipinski definition) is 7. The number of rotatable bonds is 7. The van der Waals surface area contributed by atoms with E-state index < -0.39 is 20.9 Å². The number of nitro benzene ring substituents is 1. The van der Waals surface area contributed by atoms with Gasteiger partial charge < -0.3 is 14.8 Å². The molecule has 0 radical (unpaired) electrons. The number of benzene rings is 2. The first-order valence-electron chi connectivity index (χ1n) is 8.72. The summed E-state index contributed by atoms with van der Waals surface area (Å²) >= 11 is 0. The molecule has 2 aromatic rings. The standard InChI is InChI=1S/C18H19N3O7S/c22-18(19-16-3-1-2-4-17(16)21(23)24)13-28-14-5-7-15(8-6-14)29(25,26)20-9-11-27-12-10-20/h1-8H,9-13H2,(H,19,22). The van der Waals surface area contributed by atoms with Crippen LogP contribution in [0.5, 0.6) is 5.75 Å². The Morgan fingerprint density at radius 2 is 1.79 bits per heavy atom. The van der Waals surface area contributed by atoms with Crippen molar-refractivity contribution in [1.29, 1.82) is 0 Å². The molecule has 1 N–H and O–H groups in total.